The molecule has 3 aromatic carbocycles. The number of halogens is 1. The van der Waals surface area contributed by atoms with Crippen LogP contribution in [0, 0.1) is 12.8 Å². The van der Waals surface area contributed by atoms with Crippen molar-refractivity contribution in [2.24, 2.45) is 5.92 Å². The molecule has 2 aliphatic heterocycles. The van der Waals surface area contributed by atoms with Gasteiger partial charge in [-0.1, -0.05) is 41.4 Å². The van der Waals surface area contributed by atoms with Gasteiger partial charge in [0.2, 0.25) is 11.8 Å². The number of hydrogen-bond acceptors (Lipinski definition) is 4. The normalized spacial score (nSPS) is 17.4. The Labute approximate surface area is 200 Å². The van der Waals surface area contributed by atoms with Gasteiger partial charge in [-0.2, -0.15) is 0 Å². The predicted octanol–water partition coefficient (Wildman–Crippen LogP) is 4.44. The lowest BCUT2D eigenvalue weighted by molar-refractivity contribution is -0.122. The van der Waals surface area contributed by atoms with Crippen LogP contribution in [0.1, 0.15) is 32.7 Å². The first kappa shape index (κ1) is 21.9. The van der Waals surface area contributed by atoms with Gasteiger partial charge in [0, 0.05) is 24.3 Å². The molecule has 34 heavy (non-hydrogen) atoms. The molecule has 2 aliphatic rings. The number of nitrogens with zero attached hydrogens (tertiary/aromatic N) is 2. The monoisotopic (exact) mass is 473 g/mol. The van der Waals surface area contributed by atoms with Gasteiger partial charge in [-0.3, -0.25) is 19.2 Å². The van der Waals surface area contributed by atoms with Gasteiger partial charge in [-0.15, -0.1) is 0 Å². The Morgan fingerprint density at radius 2 is 1.59 bits per heavy atom. The van der Waals surface area contributed by atoms with Crippen LogP contribution in [0.25, 0.3) is 0 Å². The maximum atomic E-state index is 12.8. The van der Waals surface area contributed by atoms with Gasteiger partial charge in [0.05, 0.1) is 27.8 Å². The van der Waals surface area contributed by atoms with E-state index < -0.39 is 17.7 Å². The highest BCUT2D eigenvalue weighted by Crippen LogP contribution is 2.35. The molecule has 0 bridgehead atoms. The van der Waals surface area contributed by atoms with Crippen molar-refractivity contribution in [3.05, 3.63) is 88.4 Å². The molecule has 0 spiro atoms. The Balaban J connectivity index is 1.30. The molecule has 3 aromatic rings. The van der Waals surface area contributed by atoms with Crippen molar-refractivity contribution in [2.45, 2.75) is 13.3 Å². The van der Waals surface area contributed by atoms with E-state index in [0.29, 0.717) is 16.8 Å². The number of carbonyl (C=O) groups is 4. The smallest absolute Gasteiger partial charge is 0.266 e. The Hall–Kier alpha value is -3.97. The summed E-state index contributed by atoms with van der Waals surface area (Å²) in [6.45, 7) is 2.26. The van der Waals surface area contributed by atoms with E-state index in [0.717, 1.165) is 16.2 Å². The van der Waals surface area contributed by atoms with Gasteiger partial charge in [-0.25, -0.2) is 4.90 Å². The maximum absolute atomic E-state index is 12.8. The maximum Gasteiger partial charge on any atom is 0.266 e. The van der Waals surface area contributed by atoms with Crippen LogP contribution >= 0.6 is 11.6 Å². The summed E-state index contributed by atoms with van der Waals surface area (Å²) in [4.78, 5) is 53.4. The number of aryl methyl sites for hydroxylation is 1. The van der Waals surface area contributed by atoms with Crippen LogP contribution in [0.15, 0.2) is 66.7 Å². The molecular weight excluding hydrogens is 454 g/mol. The zero-order valence-corrected chi connectivity index (χ0v) is 19.0. The van der Waals surface area contributed by atoms with Gasteiger partial charge in [-0.05, 0) is 49.4 Å². The Bertz CT molecular complexity index is 1320. The van der Waals surface area contributed by atoms with E-state index in [1.54, 1.807) is 35.2 Å². The van der Waals surface area contributed by atoms with Crippen molar-refractivity contribution in [1.82, 2.24) is 0 Å². The number of benzene rings is 3. The van der Waals surface area contributed by atoms with Crippen molar-refractivity contribution in [1.29, 1.82) is 0 Å². The van der Waals surface area contributed by atoms with Crippen LogP contribution in [0.4, 0.5) is 17.1 Å². The fourth-order valence-corrected chi connectivity index (χ4v) is 4.54. The van der Waals surface area contributed by atoms with Crippen molar-refractivity contribution in [2.75, 3.05) is 21.7 Å². The molecule has 0 aliphatic carbocycles. The minimum Gasteiger partial charge on any atom is -0.326 e. The Morgan fingerprint density at radius 3 is 2.21 bits per heavy atom. The largest absolute Gasteiger partial charge is 0.326 e. The number of rotatable bonds is 4. The third kappa shape index (κ3) is 3.74. The second-order valence-electron chi connectivity index (χ2n) is 8.39. The minimum atomic E-state index is -0.511. The molecule has 1 saturated heterocycles. The molecule has 1 unspecified atom stereocenters. The van der Waals surface area contributed by atoms with Crippen LogP contribution < -0.4 is 15.1 Å². The summed E-state index contributed by atoms with van der Waals surface area (Å²) in [7, 11) is 0. The van der Waals surface area contributed by atoms with Gasteiger partial charge in [0.15, 0.2) is 0 Å². The van der Waals surface area contributed by atoms with Gasteiger partial charge in [0.25, 0.3) is 11.8 Å². The van der Waals surface area contributed by atoms with E-state index in [9.17, 15) is 19.2 Å². The van der Waals surface area contributed by atoms with Crippen molar-refractivity contribution in [3.8, 4) is 0 Å². The van der Waals surface area contributed by atoms with E-state index in [1.807, 2.05) is 31.2 Å². The molecule has 170 valence electrons. The molecule has 4 amide bonds. The predicted molar refractivity (Wildman–Crippen MR) is 129 cm³/mol. The number of amides is 4. The van der Waals surface area contributed by atoms with E-state index in [4.69, 9.17) is 11.6 Å². The summed E-state index contributed by atoms with van der Waals surface area (Å²) in [6.07, 6.45) is 0.112. The number of fused-ring (bicyclic) bond motifs is 1. The summed E-state index contributed by atoms with van der Waals surface area (Å²) in [5, 5.41) is 2.94. The molecule has 1 atom stereocenters. The topological polar surface area (TPSA) is 86.8 Å². The molecule has 5 rings (SSSR count). The second kappa shape index (κ2) is 8.43. The third-order valence-corrected chi connectivity index (χ3v) is 6.39. The number of hydrogen-bond donors (Lipinski definition) is 1. The quantitative estimate of drug-likeness (QED) is 0.567. The lowest BCUT2D eigenvalue weighted by atomic mass is 10.1. The van der Waals surface area contributed by atoms with Crippen LogP contribution in [-0.4, -0.2) is 30.2 Å². The highest BCUT2D eigenvalue weighted by molar-refractivity contribution is 6.40. The highest BCUT2D eigenvalue weighted by Gasteiger charge is 2.38. The summed E-state index contributed by atoms with van der Waals surface area (Å²) in [5.41, 5.74) is 3.16. The first-order valence-electron chi connectivity index (χ1n) is 10.8. The zero-order valence-electron chi connectivity index (χ0n) is 18.2. The van der Waals surface area contributed by atoms with Crippen molar-refractivity contribution >= 4 is 52.3 Å². The van der Waals surface area contributed by atoms with Gasteiger partial charge in [0.1, 0.15) is 0 Å². The van der Waals surface area contributed by atoms with E-state index in [-0.39, 0.29) is 35.5 Å². The van der Waals surface area contributed by atoms with E-state index in [2.05, 4.69) is 5.32 Å². The van der Waals surface area contributed by atoms with Crippen LogP contribution in [0.3, 0.4) is 0 Å². The molecule has 0 aromatic heterocycles. The standard InChI is InChI=1S/C26H20ClN3O4/c1-15-6-9-18(10-7-15)29-14-16(12-23(29)31)24(32)28-17-8-11-22(21(27)13-17)30-25(33)19-4-2-3-5-20(19)26(30)34/h2-11,13,16H,12,14H2,1H3,(H,28,32). The fraction of sp³-hybridized carbons (Fsp3) is 0.154. The van der Waals surface area contributed by atoms with Gasteiger partial charge < -0.3 is 10.2 Å². The molecular formula is C26H20ClN3O4. The van der Waals surface area contributed by atoms with Crippen LogP contribution in [-0.2, 0) is 9.59 Å². The number of imide groups is 1. The SMILES string of the molecule is Cc1ccc(N2CC(C(=O)Nc3ccc(N4C(=O)c5ccccc5C4=O)c(Cl)c3)CC2=O)cc1. The molecule has 7 nitrogen and oxygen atoms in total. The zero-order chi connectivity index (χ0) is 24.0. The number of carbonyl (C=O) groups excluding carboxylic acids is 4. The summed E-state index contributed by atoms with van der Waals surface area (Å²) in [5.74, 6) is -1.81. The van der Waals surface area contributed by atoms with Crippen molar-refractivity contribution < 1.29 is 19.2 Å². The Morgan fingerprint density at radius 1 is 0.941 bits per heavy atom. The molecule has 1 N–H and O–H groups in total. The first-order valence-corrected chi connectivity index (χ1v) is 11.2. The lowest BCUT2D eigenvalue weighted by Gasteiger charge is -2.18. The first-order chi connectivity index (χ1) is 16.3. The lowest BCUT2D eigenvalue weighted by Crippen LogP contribution is -2.30. The average Bonchev–Trinajstić information content (AvgIpc) is 3.33. The molecule has 8 heteroatoms. The fourth-order valence-electron chi connectivity index (χ4n) is 4.28. The van der Waals surface area contributed by atoms with E-state index in [1.165, 1.54) is 12.1 Å². The summed E-state index contributed by atoms with van der Waals surface area (Å²) < 4.78 is 0. The molecule has 0 radical (unpaired) electrons. The third-order valence-electron chi connectivity index (χ3n) is 6.09. The number of nitrogens with one attached hydrogen (secondary N) is 1. The molecule has 2 heterocycles. The molecule has 1 fully saturated rings. The van der Waals surface area contributed by atoms with Crippen molar-refractivity contribution in [3.63, 3.8) is 0 Å². The minimum absolute atomic E-state index is 0.108. The number of anilines is 3. The van der Waals surface area contributed by atoms with E-state index >= 15 is 0 Å². The molecule has 0 saturated carbocycles. The highest BCUT2D eigenvalue weighted by atomic mass is 35.5. The summed E-state index contributed by atoms with van der Waals surface area (Å²) >= 11 is 6.41. The average molecular weight is 474 g/mol. The Kier molecular flexibility index (Phi) is 5.42. The summed E-state index contributed by atoms with van der Waals surface area (Å²) in [6, 6.07) is 18.8. The van der Waals surface area contributed by atoms with Gasteiger partial charge >= 0.3 is 0 Å². The second-order valence-corrected chi connectivity index (χ2v) is 8.79. The van der Waals surface area contributed by atoms with Crippen LogP contribution in [0.5, 0.6) is 0 Å². The van der Waals surface area contributed by atoms with Crippen LogP contribution in [0.2, 0.25) is 5.02 Å².